The highest BCUT2D eigenvalue weighted by Crippen LogP contribution is 2.25. The number of aryl methyl sites for hydroxylation is 1. The average Bonchev–Trinajstić information content (AvgIpc) is 2.25. The van der Waals surface area contributed by atoms with Crippen LogP contribution in [0.4, 0.5) is 0 Å². The van der Waals surface area contributed by atoms with Crippen LogP contribution in [0.25, 0.3) is 0 Å². The van der Waals surface area contributed by atoms with Gasteiger partial charge in [-0.25, -0.2) is 0 Å². The van der Waals surface area contributed by atoms with Crippen molar-refractivity contribution in [1.82, 2.24) is 0 Å². The lowest BCUT2D eigenvalue weighted by molar-refractivity contribution is 0.200. The molecule has 0 heterocycles. The van der Waals surface area contributed by atoms with E-state index in [9.17, 15) is 5.11 Å². The number of benzene rings is 1. The summed E-state index contributed by atoms with van der Waals surface area (Å²) in [5.74, 6) is 0.400. The van der Waals surface area contributed by atoms with Crippen LogP contribution in [0.2, 0.25) is 0 Å². The Hall–Kier alpha value is -0.820. The highest BCUT2D eigenvalue weighted by molar-refractivity contribution is 5.21. The highest BCUT2D eigenvalue weighted by Gasteiger charge is 2.15. The molecular weight excluding hydrogens is 208 g/mol. The summed E-state index contributed by atoms with van der Waals surface area (Å²) >= 11 is 0. The fraction of sp³-hybridized carbons (Fsp3) is 0.625. The van der Waals surface area contributed by atoms with Crippen molar-refractivity contribution in [2.45, 2.75) is 47.0 Å². The largest absolute Gasteiger partial charge is 0.396 e. The molecule has 96 valence electrons. The lowest BCUT2D eigenvalue weighted by atomic mass is 9.85. The van der Waals surface area contributed by atoms with E-state index in [1.165, 1.54) is 17.5 Å². The molecular formula is C16H26O. The van der Waals surface area contributed by atoms with E-state index in [1.807, 2.05) is 0 Å². The predicted molar refractivity (Wildman–Crippen MR) is 74.1 cm³/mol. The Bertz CT molecular complexity index is 318. The standard InChI is InChI=1S/C16H26O/c1-13-5-7-14(8-6-13)11-15(12-17)9-10-16(2,3)4/h5-8,15,17H,9-12H2,1-4H3. The van der Waals surface area contributed by atoms with Crippen molar-refractivity contribution < 1.29 is 5.11 Å². The fourth-order valence-corrected chi connectivity index (χ4v) is 1.95. The second-order valence-electron chi connectivity index (χ2n) is 6.34. The minimum atomic E-state index is 0.296. The van der Waals surface area contributed by atoms with E-state index >= 15 is 0 Å². The summed E-state index contributed by atoms with van der Waals surface area (Å²) in [6, 6.07) is 8.64. The third-order valence-corrected chi connectivity index (χ3v) is 3.21. The first-order chi connectivity index (χ1) is 7.90. The van der Waals surface area contributed by atoms with E-state index < -0.39 is 0 Å². The predicted octanol–water partition coefficient (Wildman–Crippen LogP) is 3.97. The fourth-order valence-electron chi connectivity index (χ4n) is 1.95. The number of aliphatic hydroxyl groups is 1. The van der Waals surface area contributed by atoms with Crippen LogP contribution in [0.1, 0.15) is 44.7 Å². The second kappa shape index (κ2) is 6.20. The Morgan fingerprint density at radius 2 is 1.71 bits per heavy atom. The van der Waals surface area contributed by atoms with Crippen LogP contribution >= 0.6 is 0 Å². The van der Waals surface area contributed by atoms with Crippen LogP contribution in [0.3, 0.4) is 0 Å². The van der Waals surface area contributed by atoms with E-state index in [-0.39, 0.29) is 0 Å². The Kier molecular flexibility index (Phi) is 5.20. The topological polar surface area (TPSA) is 20.2 Å². The van der Waals surface area contributed by atoms with Crippen LogP contribution in [0.5, 0.6) is 0 Å². The monoisotopic (exact) mass is 234 g/mol. The lowest BCUT2D eigenvalue weighted by Crippen LogP contribution is -2.14. The van der Waals surface area contributed by atoms with Crippen molar-refractivity contribution in [3.05, 3.63) is 35.4 Å². The van der Waals surface area contributed by atoms with Gasteiger partial charge in [0.25, 0.3) is 0 Å². The first kappa shape index (κ1) is 14.2. The Morgan fingerprint density at radius 3 is 2.18 bits per heavy atom. The molecule has 0 saturated heterocycles. The highest BCUT2D eigenvalue weighted by atomic mass is 16.3. The van der Waals surface area contributed by atoms with Gasteiger partial charge in [0.15, 0.2) is 0 Å². The van der Waals surface area contributed by atoms with Crippen LogP contribution in [-0.4, -0.2) is 11.7 Å². The van der Waals surface area contributed by atoms with Crippen LogP contribution < -0.4 is 0 Å². The van der Waals surface area contributed by atoms with Crippen molar-refractivity contribution in [2.24, 2.45) is 11.3 Å². The smallest absolute Gasteiger partial charge is 0.0462 e. The molecule has 0 aliphatic rings. The zero-order chi connectivity index (χ0) is 12.9. The minimum Gasteiger partial charge on any atom is -0.396 e. The lowest BCUT2D eigenvalue weighted by Gasteiger charge is -2.22. The van der Waals surface area contributed by atoms with Crippen molar-refractivity contribution in [1.29, 1.82) is 0 Å². The normalized spacial score (nSPS) is 13.7. The molecule has 1 N–H and O–H groups in total. The molecule has 0 spiro atoms. The summed E-state index contributed by atoms with van der Waals surface area (Å²) in [6.07, 6.45) is 3.27. The molecule has 0 radical (unpaired) electrons. The Morgan fingerprint density at radius 1 is 1.12 bits per heavy atom. The van der Waals surface area contributed by atoms with Gasteiger partial charge in [0.05, 0.1) is 0 Å². The third-order valence-electron chi connectivity index (χ3n) is 3.21. The molecule has 0 saturated carbocycles. The average molecular weight is 234 g/mol. The minimum absolute atomic E-state index is 0.296. The van der Waals surface area contributed by atoms with Gasteiger partial charge in [-0.3, -0.25) is 0 Å². The summed E-state index contributed by atoms with van der Waals surface area (Å²) in [5, 5.41) is 9.44. The van der Waals surface area contributed by atoms with Gasteiger partial charge in [-0.05, 0) is 43.1 Å². The van der Waals surface area contributed by atoms with Crippen LogP contribution in [0, 0.1) is 18.3 Å². The zero-order valence-electron chi connectivity index (χ0n) is 11.7. The molecule has 1 aromatic rings. The van der Waals surface area contributed by atoms with Crippen molar-refractivity contribution in [3.8, 4) is 0 Å². The molecule has 1 unspecified atom stereocenters. The van der Waals surface area contributed by atoms with Crippen LogP contribution in [-0.2, 0) is 6.42 Å². The third kappa shape index (κ3) is 5.88. The molecule has 0 aliphatic carbocycles. The van der Waals surface area contributed by atoms with Gasteiger partial charge >= 0.3 is 0 Å². The molecule has 1 aromatic carbocycles. The van der Waals surface area contributed by atoms with Crippen molar-refractivity contribution in [2.75, 3.05) is 6.61 Å². The number of hydrogen-bond acceptors (Lipinski definition) is 1. The number of hydrogen-bond donors (Lipinski definition) is 1. The maximum atomic E-state index is 9.44. The first-order valence-corrected chi connectivity index (χ1v) is 6.57. The number of aliphatic hydroxyl groups excluding tert-OH is 1. The van der Waals surface area contributed by atoms with E-state index in [0.29, 0.717) is 17.9 Å². The Balaban J connectivity index is 2.49. The van der Waals surface area contributed by atoms with Crippen LogP contribution in [0.15, 0.2) is 24.3 Å². The van der Waals surface area contributed by atoms with Gasteiger partial charge in [-0.1, -0.05) is 50.6 Å². The van der Waals surface area contributed by atoms with E-state index in [2.05, 4.69) is 52.0 Å². The summed E-state index contributed by atoms with van der Waals surface area (Å²) in [5.41, 5.74) is 2.99. The van der Waals surface area contributed by atoms with Gasteiger partial charge in [0.2, 0.25) is 0 Å². The van der Waals surface area contributed by atoms with Gasteiger partial charge < -0.3 is 5.11 Å². The summed E-state index contributed by atoms with van der Waals surface area (Å²) in [7, 11) is 0. The molecule has 0 aliphatic heterocycles. The van der Waals surface area contributed by atoms with E-state index in [0.717, 1.165) is 12.8 Å². The van der Waals surface area contributed by atoms with Gasteiger partial charge in [-0.2, -0.15) is 0 Å². The second-order valence-corrected chi connectivity index (χ2v) is 6.34. The molecule has 1 heteroatoms. The molecule has 17 heavy (non-hydrogen) atoms. The quantitative estimate of drug-likeness (QED) is 0.817. The van der Waals surface area contributed by atoms with Crippen molar-refractivity contribution in [3.63, 3.8) is 0 Å². The molecule has 0 amide bonds. The zero-order valence-corrected chi connectivity index (χ0v) is 11.7. The molecule has 1 rings (SSSR count). The van der Waals surface area contributed by atoms with Gasteiger partial charge in [0, 0.05) is 6.61 Å². The summed E-state index contributed by atoms with van der Waals surface area (Å²) in [6.45, 7) is 9.17. The molecule has 0 aromatic heterocycles. The molecule has 1 atom stereocenters. The molecule has 1 nitrogen and oxygen atoms in total. The van der Waals surface area contributed by atoms with E-state index in [1.54, 1.807) is 0 Å². The molecule has 0 fully saturated rings. The number of rotatable bonds is 5. The SMILES string of the molecule is Cc1ccc(CC(CO)CCC(C)(C)C)cc1. The van der Waals surface area contributed by atoms with Gasteiger partial charge in [-0.15, -0.1) is 0 Å². The summed E-state index contributed by atoms with van der Waals surface area (Å²) < 4.78 is 0. The summed E-state index contributed by atoms with van der Waals surface area (Å²) in [4.78, 5) is 0. The molecule has 0 bridgehead atoms. The van der Waals surface area contributed by atoms with E-state index in [4.69, 9.17) is 0 Å². The van der Waals surface area contributed by atoms with Gasteiger partial charge in [0.1, 0.15) is 0 Å². The first-order valence-electron chi connectivity index (χ1n) is 6.57. The maximum absolute atomic E-state index is 9.44. The Labute approximate surface area is 106 Å². The maximum Gasteiger partial charge on any atom is 0.0462 e. The van der Waals surface area contributed by atoms with Crippen molar-refractivity contribution >= 4 is 0 Å².